The van der Waals surface area contributed by atoms with Gasteiger partial charge >= 0.3 is 5.97 Å². The Labute approximate surface area is 137 Å². The van der Waals surface area contributed by atoms with Crippen LogP contribution in [0.2, 0.25) is 0 Å². The van der Waals surface area contributed by atoms with Gasteiger partial charge in [-0.25, -0.2) is 0 Å². The van der Waals surface area contributed by atoms with E-state index in [4.69, 9.17) is 9.47 Å². The molecule has 3 aliphatic heterocycles. The Bertz CT molecular complexity index is 613. The molecule has 1 aromatic carbocycles. The van der Waals surface area contributed by atoms with Gasteiger partial charge in [0.2, 0.25) is 0 Å². The fraction of sp³-hybridized carbons (Fsp3) is 0.526. The van der Waals surface area contributed by atoms with Gasteiger partial charge in [-0.2, -0.15) is 0 Å². The zero-order valence-corrected chi connectivity index (χ0v) is 13.4. The van der Waals surface area contributed by atoms with Crippen molar-refractivity contribution in [2.75, 3.05) is 6.54 Å². The second kappa shape index (κ2) is 6.00. The molecule has 3 heterocycles. The molecular weight excluding hydrogens is 290 g/mol. The van der Waals surface area contributed by atoms with E-state index >= 15 is 0 Å². The summed E-state index contributed by atoms with van der Waals surface area (Å²) in [4.78, 5) is 14.0. The lowest BCUT2D eigenvalue weighted by atomic mass is 9.99. The first-order valence-electron chi connectivity index (χ1n) is 8.60. The lowest BCUT2D eigenvalue weighted by Crippen LogP contribution is -2.46. The third kappa shape index (κ3) is 2.88. The Kier molecular flexibility index (Phi) is 3.85. The van der Waals surface area contributed by atoms with Gasteiger partial charge in [-0.05, 0) is 43.7 Å². The van der Waals surface area contributed by atoms with Crippen LogP contribution in [-0.2, 0) is 11.2 Å². The van der Waals surface area contributed by atoms with E-state index in [9.17, 15) is 4.79 Å². The number of ether oxygens (including phenoxy) is 2. The summed E-state index contributed by atoms with van der Waals surface area (Å²) in [7, 11) is 0. The van der Waals surface area contributed by atoms with E-state index in [1.807, 2.05) is 24.3 Å². The summed E-state index contributed by atoms with van der Waals surface area (Å²) in [6.45, 7) is 4.85. The SMILES string of the molecule is C=CCN1C2CCC1CC(Oc1ccc3c(c1)OC(=O)CC3)C2. The molecule has 4 nitrogen and oxygen atoms in total. The number of esters is 1. The summed E-state index contributed by atoms with van der Waals surface area (Å²) >= 11 is 0. The van der Waals surface area contributed by atoms with Gasteiger partial charge in [0.25, 0.3) is 0 Å². The molecular formula is C19H23NO3. The first kappa shape index (κ1) is 14.8. The number of nitrogens with zero attached hydrogens (tertiary/aromatic N) is 1. The number of carbonyl (C=O) groups excluding carboxylic acids is 1. The van der Waals surface area contributed by atoms with Crippen molar-refractivity contribution in [3.8, 4) is 11.5 Å². The number of piperidine rings is 1. The van der Waals surface area contributed by atoms with Crippen LogP contribution >= 0.6 is 0 Å². The number of rotatable bonds is 4. The van der Waals surface area contributed by atoms with Crippen LogP contribution in [0.25, 0.3) is 0 Å². The Morgan fingerprint density at radius 3 is 2.78 bits per heavy atom. The molecule has 4 heteroatoms. The van der Waals surface area contributed by atoms with E-state index < -0.39 is 0 Å². The lowest BCUT2D eigenvalue weighted by Gasteiger charge is -2.38. The van der Waals surface area contributed by atoms with Gasteiger partial charge in [-0.3, -0.25) is 9.69 Å². The molecule has 2 fully saturated rings. The minimum Gasteiger partial charge on any atom is -0.490 e. The summed E-state index contributed by atoms with van der Waals surface area (Å²) in [6.07, 6.45) is 8.16. The maximum Gasteiger partial charge on any atom is 0.311 e. The van der Waals surface area contributed by atoms with E-state index in [0.717, 1.165) is 37.1 Å². The molecule has 4 rings (SSSR count). The van der Waals surface area contributed by atoms with Gasteiger partial charge in [-0.15, -0.1) is 6.58 Å². The van der Waals surface area contributed by atoms with Crippen molar-refractivity contribution in [3.05, 3.63) is 36.4 Å². The van der Waals surface area contributed by atoms with Gasteiger partial charge in [0, 0.05) is 24.7 Å². The number of hydrogen-bond donors (Lipinski definition) is 0. The molecule has 2 atom stereocenters. The first-order chi connectivity index (χ1) is 11.2. The van der Waals surface area contributed by atoms with Crippen molar-refractivity contribution < 1.29 is 14.3 Å². The molecule has 122 valence electrons. The third-order valence-electron chi connectivity index (χ3n) is 5.34. The number of benzene rings is 1. The zero-order valence-electron chi connectivity index (χ0n) is 13.4. The smallest absolute Gasteiger partial charge is 0.311 e. The van der Waals surface area contributed by atoms with Crippen LogP contribution in [0.15, 0.2) is 30.9 Å². The molecule has 3 aliphatic rings. The first-order valence-corrected chi connectivity index (χ1v) is 8.60. The fourth-order valence-corrected chi connectivity index (χ4v) is 4.28. The summed E-state index contributed by atoms with van der Waals surface area (Å²) in [5.74, 6) is 1.34. The molecule has 2 unspecified atom stereocenters. The van der Waals surface area contributed by atoms with Crippen LogP contribution in [-0.4, -0.2) is 35.6 Å². The highest BCUT2D eigenvalue weighted by molar-refractivity contribution is 5.75. The maximum absolute atomic E-state index is 11.4. The molecule has 0 aliphatic carbocycles. The summed E-state index contributed by atoms with van der Waals surface area (Å²) in [5.41, 5.74) is 1.10. The van der Waals surface area contributed by atoms with E-state index in [1.54, 1.807) is 0 Å². The van der Waals surface area contributed by atoms with Crippen LogP contribution in [0.1, 0.15) is 37.7 Å². The van der Waals surface area contributed by atoms with Crippen LogP contribution in [0.5, 0.6) is 11.5 Å². The van der Waals surface area contributed by atoms with Crippen molar-refractivity contribution >= 4 is 5.97 Å². The fourth-order valence-electron chi connectivity index (χ4n) is 4.28. The largest absolute Gasteiger partial charge is 0.490 e. The van der Waals surface area contributed by atoms with Crippen LogP contribution in [0.3, 0.4) is 0 Å². The molecule has 0 saturated carbocycles. The zero-order chi connectivity index (χ0) is 15.8. The van der Waals surface area contributed by atoms with Crippen molar-refractivity contribution in [3.63, 3.8) is 0 Å². The van der Waals surface area contributed by atoms with E-state index in [0.29, 0.717) is 24.3 Å². The third-order valence-corrected chi connectivity index (χ3v) is 5.34. The number of hydrogen-bond acceptors (Lipinski definition) is 4. The molecule has 1 aromatic rings. The normalized spacial score (nSPS) is 29.7. The average molecular weight is 313 g/mol. The topological polar surface area (TPSA) is 38.8 Å². The number of fused-ring (bicyclic) bond motifs is 3. The summed E-state index contributed by atoms with van der Waals surface area (Å²) < 4.78 is 11.5. The van der Waals surface area contributed by atoms with Gasteiger partial charge < -0.3 is 9.47 Å². The predicted octanol–water partition coefficient (Wildman–Crippen LogP) is 3.10. The lowest BCUT2D eigenvalue weighted by molar-refractivity contribution is -0.135. The van der Waals surface area contributed by atoms with Gasteiger partial charge in [0.05, 0.1) is 6.42 Å². The highest BCUT2D eigenvalue weighted by atomic mass is 16.5. The van der Waals surface area contributed by atoms with Crippen molar-refractivity contribution in [2.24, 2.45) is 0 Å². The van der Waals surface area contributed by atoms with Gasteiger partial charge in [0.15, 0.2) is 0 Å². The molecule has 2 saturated heterocycles. The van der Waals surface area contributed by atoms with E-state index in [2.05, 4.69) is 11.5 Å². The maximum atomic E-state index is 11.4. The second-order valence-electron chi connectivity index (χ2n) is 6.83. The Balaban J connectivity index is 1.44. The van der Waals surface area contributed by atoms with Crippen LogP contribution in [0, 0.1) is 0 Å². The van der Waals surface area contributed by atoms with Crippen molar-refractivity contribution in [2.45, 2.75) is 56.7 Å². The summed E-state index contributed by atoms with van der Waals surface area (Å²) in [5, 5.41) is 0. The molecule has 23 heavy (non-hydrogen) atoms. The Morgan fingerprint density at radius 2 is 2.04 bits per heavy atom. The minimum absolute atomic E-state index is 0.148. The van der Waals surface area contributed by atoms with Crippen molar-refractivity contribution in [1.82, 2.24) is 4.90 Å². The molecule has 0 spiro atoms. The molecule has 0 aromatic heterocycles. The molecule has 0 amide bonds. The standard InChI is InChI=1S/C19H23NO3/c1-2-9-20-14-5-6-15(20)11-17(10-14)22-16-7-3-13-4-8-19(21)23-18(13)12-16/h2-3,7,12,14-15,17H,1,4-6,8-11H2. The number of aryl methyl sites for hydroxylation is 1. The monoisotopic (exact) mass is 313 g/mol. The van der Waals surface area contributed by atoms with E-state index in [1.165, 1.54) is 12.8 Å². The van der Waals surface area contributed by atoms with E-state index in [-0.39, 0.29) is 12.1 Å². The molecule has 0 N–H and O–H groups in total. The van der Waals surface area contributed by atoms with Crippen LogP contribution in [0.4, 0.5) is 0 Å². The van der Waals surface area contributed by atoms with Crippen LogP contribution < -0.4 is 9.47 Å². The van der Waals surface area contributed by atoms with Gasteiger partial charge in [0.1, 0.15) is 17.6 Å². The Morgan fingerprint density at radius 1 is 1.26 bits per heavy atom. The quantitative estimate of drug-likeness (QED) is 0.486. The predicted molar refractivity (Wildman–Crippen MR) is 87.8 cm³/mol. The number of carbonyl (C=O) groups is 1. The van der Waals surface area contributed by atoms with Crippen molar-refractivity contribution in [1.29, 1.82) is 0 Å². The summed E-state index contributed by atoms with van der Waals surface area (Å²) in [6, 6.07) is 7.15. The molecule has 2 bridgehead atoms. The highest BCUT2D eigenvalue weighted by Gasteiger charge is 2.40. The Hall–Kier alpha value is -1.81. The minimum atomic E-state index is -0.148. The second-order valence-corrected chi connectivity index (χ2v) is 6.83. The highest BCUT2D eigenvalue weighted by Crippen LogP contribution is 2.38. The van der Waals surface area contributed by atoms with Gasteiger partial charge in [-0.1, -0.05) is 12.1 Å². The average Bonchev–Trinajstić information content (AvgIpc) is 2.78. The molecule has 0 radical (unpaired) electrons.